The lowest BCUT2D eigenvalue weighted by Crippen LogP contribution is -2.26. The van der Waals surface area contributed by atoms with Crippen LogP contribution < -0.4 is 0 Å². The third kappa shape index (κ3) is 2.76. The molecule has 4 heterocycles. The first-order chi connectivity index (χ1) is 13.1. The summed E-state index contributed by atoms with van der Waals surface area (Å²) < 4.78 is 26.1. The van der Waals surface area contributed by atoms with E-state index in [0.29, 0.717) is 18.0 Å². The molecular formula is C21H19N3O2S. The topological polar surface area (TPSA) is 63.2 Å². The lowest BCUT2D eigenvalue weighted by atomic mass is 9.95. The van der Waals surface area contributed by atoms with Gasteiger partial charge in [0, 0.05) is 44.1 Å². The van der Waals surface area contributed by atoms with Crippen LogP contribution in [-0.4, -0.2) is 41.6 Å². The van der Waals surface area contributed by atoms with Gasteiger partial charge in [-0.05, 0) is 47.0 Å². The molecule has 1 fully saturated rings. The van der Waals surface area contributed by atoms with Gasteiger partial charge >= 0.3 is 0 Å². The number of fused-ring (bicyclic) bond motifs is 3. The van der Waals surface area contributed by atoms with Crippen LogP contribution in [0, 0.1) is 0 Å². The molecule has 0 radical (unpaired) electrons. The van der Waals surface area contributed by atoms with E-state index in [-0.39, 0.29) is 11.2 Å². The molecule has 2 aliphatic heterocycles. The van der Waals surface area contributed by atoms with Crippen LogP contribution in [-0.2, 0) is 16.4 Å². The molecule has 1 aromatic carbocycles. The number of likely N-dealkylation sites (tertiary alicyclic amines) is 1. The fourth-order valence-corrected chi connectivity index (χ4v) is 6.48. The van der Waals surface area contributed by atoms with Crippen LogP contribution >= 0.6 is 0 Å². The molecule has 27 heavy (non-hydrogen) atoms. The minimum absolute atomic E-state index is 0.0188. The second kappa shape index (κ2) is 6.25. The number of hydrogen-bond donors (Lipinski definition) is 0. The van der Waals surface area contributed by atoms with Crippen molar-refractivity contribution in [3.8, 4) is 11.1 Å². The second-order valence-electron chi connectivity index (χ2n) is 7.20. The van der Waals surface area contributed by atoms with E-state index < -0.39 is 9.84 Å². The Morgan fingerprint density at radius 3 is 2.70 bits per heavy atom. The quantitative estimate of drug-likeness (QED) is 0.702. The Bertz CT molecular complexity index is 1080. The van der Waals surface area contributed by atoms with E-state index in [4.69, 9.17) is 0 Å². The molecule has 3 aromatic rings. The average molecular weight is 377 g/mol. The summed E-state index contributed by atoms with van der Waals surface area (Å²) in [6, 6.07) is 15.4. The lowest BCUT2D eigenvalue weighted by molar-refractivity contribution is 0.321. The molecule has 0 spiro atoms. The number of hydrogen-bond acceptors (Lipinski definition) is 5. The molecule has 2 aliphatic rings. The predicted octanol–water partition coefficient (Wildman–Crippen LogP) is 2.90. The largest absolute Gasteiger partial charge is 0.296 e. The molecule has 2 atom stereocenters. The second-order valence-corrected chi connectivity index (χ2v) is 9.33. The summed E-state index contributed by atoms with van der Waals surface area (Å²) in [6.07, 6.45) is 5.33. The van der Waals surface area contributed by atoms with Gasteiger partial charge in [-0.1, -0.05) is 18.2 Å². The minimum Gasteiger partial charge on any atom is -0.296 e. The molecule has 5 rings (SSSR count). The summed E-state index contributed by atoms with van der Waals surface area (Å²) in [6.45, 7) is 1.98. The number of benzene rings is 1. The number of nitrogens with zero attached hydrogens (tertiary/aromatic N) is 3. The maximum absolute atomic E-state index is 13.1. The molecule has 0 amide bonds. The van der Waals surface area contributed by atoms with Crippen molar-refractivity contribution in [2.75, 3.05) is 13.1 Å². The summed E-state index contributed by atoms with van der Waals surface area (Å²) >= 11 is 0. The number of rotatable bonds is 3. The van der Waals surface area contributed by atoms with E-state index in [0.717, 1.165) is 28.9 Å². The molecule has 2 aromatic heterocycles. The first kappa shape index (κ1) is 16.6. The van der Waals surface area contributed by atoms with E-state index in [1.807, 2.05) is 48.7 Å². The van der Waals surface area contributed by atoms with Crippen LogP contribution in [0.25, 0.3) is 11.1 Å². The van der Waals surface area contributed by atoms with E-state index in [2.05, 4.69) is 14.9 Å². The average Bonchev–Trinajstić information content (AvgIpc) is 3.21. The minimum atomic E-state index is -3.28. The fraction of sp³-hybridized carbons (Fsp3) is 0.238. The van der Waals surface area contributed by atoms with E-state index >= 15 is 0 Å². The van der Waals surface area contributed by atoms with Gasteiger partial charge in [-0.3, -0.25) is 14.9 Å². The van der Waals surface area contributed by atoms with E-state index in [1.165, 1.54) is 0 Å². The lowest BCUT2D eigenvalue weighted by Gasteiger charge is -2.17. The van der Waals surface area contributed by atoms with Crippen LogP contribution in [0.2, 0.25) is 0 Å². The van der Waals surface area contributed by atoms with Crippen molar-refractivity contribution >= 4 is 9.84 Å². The summed E-state index contributed by atoms with van der Waals surface area (Å²) in [5.74, 6) is 0.0188. The zero-order valence-corrected chi connectivity index (χ0v) is 15.5. The van der Waals surface area contributed by atoms with Crippen LogP contribution in [0.5, 0.6) is 0 Å². The third-order valence-corrected chi connectivity index (χ3v) is 7.82. The maximum Gasteiger partial charge on any atom is 0.183 e. The Balaban J connectivity index is 1.49. The van der Waals surface area contributed by atoms with Crippen molar-refractivity contribution in [3.63, 3.8) is 0 Å². The summed E-state index contributed by atoms with van der Waals surface area (Å²) in [5, 5.41) is -0.361. The molecule has 1 saturated heterocycles. The predicted molar refractivity (Wildman–Crippen MR) is 103 cm³/mol. The van der Waals surface area contributed by atoms with Gasteiger partial charge in [-0.15, -0.1) is 0 Å². The van der Waals surface area contributed by atoms with Gasteiger partial charge in [0.05, 0.1) is 15.8 Å². The fourth-order valence-electron chi connectivity index (χ4n) is 4.29. The van der Waals surface area contributed by atoms with Crippen molar-refractivity contribution in [2.45, 2.75) is 22.6 Å². The van der Waals surface area contributed by atoms with Gasteiger partial charge in [0.25, 0.3) is 0 Å². The Hall–Kier alpha value is -2.57. The molecule has 0 bridgehead atoms. The van der Waals surface area contributed by atoms with Crippen LogP contribution in [0.1, 0.15) is 17.2 Å². The zero-order valence-electron chi connectivity index (χ0n) is 14.7. The van der Waals surface area contributed by atoms with Crippen molar-refractivity contribution in [2.24, 2.45) is 0 Å². The highest BCUT2D eigenvalue weighted by atomic mass is 32.2. The highest BCUT2D eigenvalue weighted by Crippen LogP contribution is 2.46. The van der Waals surface area contributed by atoms with Gasteiger partial charge in [-0.2, -0.15) is 0 Å². The van der Waals surface area contributed by atoms with Crippen molar-refractivity contribution in [3.05, 3.63) is 78.4 Å². The molecule has 5 nitrogen and oxygen atoms in total. The summed E-state index contributed by atoms with van der Waals surface area (Å²) in [5.41, 5.74) is 3.94. The highest BCUT2D eigenvalue weighted by molar-refractivity contribution is 7.92. The number of aromatic nitrogens is 2. The Morgan fingerprint density at radius 2 is 1.93 bits per heavy atom. The normalized spacial score (nSPS) is 23.1. The van der Waals surface area contributed by atoms with E-state index in [1.54, 1.807) is 18.5 Å². The van der Waals surface area contributed by atoms with Crippen molar-refractivity contribution < 1.29 is 8.42 Å². The first-order valence-corrected chi connectivity index (χ1v) is 10.6. The Kier molecular flexibility index (Phi) is 3.84. The van der Waals surface area contributed by atoms with Gasteiger partial charge in [0.15, 0.2) is 9.84 Å². The van der Waals surface area contributed by atoms with Crippen LogP contribution in [0.4, 0.5) is 0 Å². The van der Waals surface area contributed by atoms with Gasteiger partial charge in [0.1, 0.15) is 0 Å². The number of pyridine rings is 2. The van der Waals surface area contributed by atoms with Gasteiger partial charge in [0.2, 0.25) is 0 Å². The molecule has 136 valence electrons. The van der Waals surface area contributed by atoms with Crippen LogP contribution in [0.15, 0.2) is 72.0 Å². The summed E-state index contributed by atoms with van der Waals surface area (Å²) in [7, 11) is -3.28. The van der Waals surface area contributed by atoms with Crippen molar-refractivity contribution in [1.82, 2.24) is 14.9 Å². The molecule has 6 heteroatoms. The molecule has 0 N–H and O–H groups in total. The number of sulfone groups is 1. The van der Waals surface area contributed by atoms with Crippen molar-refractivity contribution in [1.29, 1.82) is 0 Å². The third-order valence-electron chi connectivity index (χ3n) is 5.56. The molecular weight excluding hydrogens is 358 g/mol. The monoisotopic (exact) mass is 377 g/mol. The first-order valence-electron chi connectivity index (χ1n) is 9.03. The SMILES string of the molecule is O=S1(=O)c2ccc(-c3cccnc3)cc2[C@H]2CN(Cc3ccccn3)C[C@@H]21. The van der Waals surface area contributed by atoms with Crippen LogP contribution in [0.3, 0.4) is 0 Å². The standard InChI is InChI=1S/C21H19N3O2S/c25-27(26)20-7-6-15(16-4-3-8-22-11-16)10-18(20)19-13-24(14-21(19)27)12-17-5-1-2-9-23-17/h1-11,19,21H,12-14H2/t19-,21+/m1/s1. The molecule has 0 unspecified atom stereocenters. The maximum atomic E-state index is 13.1. The zero-order chi connectivity index (χ0) is 18.4. The smallest absolute Gasteiger partial charge is 0.183 e. The molecule has 0 aliphatic carbocycles. The Labute approximate surface area is 158 Å². The highest BCUT2D eigenvalue weighted by Gasteiger charge is 2.50. The Morgan fingerprint density at radius 1 is 1.00 bits per heavy atom. The molecule has 0 saturated carbocycles. The van der Waals surface area contributed by atoms with E-state index in [9.17, 15) is 8.42 Å². The summed E-state index contributed by atoms with van der Waals surface area (Å²) in [4.78, 5) is 11.3. The van der Waals surface area contributed by atoms with Gasteiger partial charge in [-0.25, -0.2) is 8.42 Å². The van der Waals surface area contributed by atoms with Gasteiger partial charge < -0.3 is 0 Å².